The van der Waals surface area contributed by atoms with Gasteiger partial charge in [-0.05, 0) is 26.7 Å². The van der Waals surface area contributed by atoms with Crippen molar-refractivity contribution in [2.45, 2.75) is 38.6 Å². The Morgan fingerprint density at radius 3 is 2.44 bits per heavy atom. The third-order valence-corrected chi connectivity index (χ3v) is 1.11. The first kappa shape index (κ1) is 8.45. The van der Waals surface area contributed by atoms with Crippen LogP contribution in [0.25, 0.3) is 0 Å². The monoisotopic (exact) mass is 126 g/mol. The van der Waals surface area contributed by atoms with E-state index in [-0.39, 0.29) is 5.54 Å². The maximum absolute atomic E-state index is 8.17. The molecule has 0 radical (unpaired) electrons. The highest BCUT2D eigenvalue weighted by molar-refractivity contribution is 4.75. The van der Waals surface area contributed by atoms with Crippen molar-refractivity contribution >= 4 is 0 Å². The van der Waals surface area contributed by atoms with Crippen molar-refractivity contribution in [3.63, 3.8) is 0 Å². The third kappa shape index (κ3) is 7.45. The van der Waals surface area contributed by atoms with Gasteiger partial charge in [-0.1, -0.05) is 0 Å². The summed E-state index contributed by atoms with van der Waals surface area (Å²) in [7, 11) is 0. The molecule has 0 saturated heterocycles. The van der Waals surface area contributed by atoms with E-state index in [4.69, 9.17) is 11.0 Å². The molecule has 2 nitrogen and oxygen atoms in total. The van der Waals surface area contributed by atoms with Crippen molar-refractivity contribution in [3.8, 4) is 6.07 Å². The minimum Gasteiger partial charge on any atom is -0.326 e. The highest BCUT2D eigenvalue weighted by atomic mass is 14.7. The Labute approximate surface area is 56.7 Å². The molecule has 0 unspecified atom stereocenters. The molecule has 0 bridgehead atoms. The predicted octanol–water partition coefficient (Wildman–Crippen LogP) is 1.42. The summed E-state index contributed by atoms with van der Waals surface area (Å²) in [5.74, 6) is 0. The lowest BCUT2D eigenvalue weighted by Crippen LogP contribution is -2.31. The molecule has 0 fully saturated rings. The summed E-state index contributed by atoms with van der Waals surface area (Å²) < 4.78 is 0. The zero-order chi connectivity index (χ0) is 7.33. The number of rotatable bonds is 3. The second kappa shape index (κ2) is 3.47. The van der Waals surface area contributed by atoms with Crippen molar-refractivity contribution in [2.24, 2.45) is 5.73 Å². The Kier molecular flexibility index (Phi) is 3.26. The quantitative estimate of drug-likeness (QED) is 0.581. The molecule has 0 aliphatic heterocycles. The normalized spacial score (nSPS) is 10.9. The molecule has 0 saturated carbocycles. The van der Waals surface area contributed by atoms with E-state index in [9.17, 15) is 0 Å². The first-order valence-corrected chi connectivity index (χ1v) is 3.22. The summed E-state index contributed by atoms with van der Waals surface area (Å²) in [6.07, 6.45) is 2.47. The molecule has 2 heteroatoms. The molecular formula is C7H14N2. The van der Waals surface area contributed by atoms with Crippen LogP contribution in [0.2, 0.25) is 0 Å². The van der Waals surface area contributed by atoms with Gasteiger partial charge in [-0.25, -0.2) is 0 Å². The Hall–Kier alpha value is -0.550. The lowest BCUT2D eigenvalue weighted by atomic mass is 9.99. The van der Waals surface area contributed by atoms with Gasteiger partial charge in [-0.2, -0.15) is 5.26 Å². The molecule has 2 N–H and O–H groups in total. The van der Waals surface area contributed by atoms with Gasteiger partial charge < -0.3 is 5.73 Å². The van der Waals surface area contributed by atoms with Crippen molar-refractivity contribution in [2.75, 3.05) is 0 Å². The van der Waals surface area contributed by atoms with Crippen molar-refractivity contribution in [1.29, 1.82) is 5.26 Å². The second-order valence-electron chi connectivity index (χ2n) is 3.00. The number of nitrogens with zero attached hydrogens (tertiary/aromatic N) is 1. The van der Waals surface area contributed by atoms with Crippen LogP contribution in [0.1, 0.15) is 33.1 Å². The van der Waals surface area contributed by atoms with E-state index in [1.165, 1.54) is 0 Å². The fourth-order valence-corrected chi connectivity index (χ4v) is 0.623. The summed E-state index contributed by atoms with van der Waals surface area (Å²) in [4.78, 5) is 0. The molecule has 0 aliphatic carbocycles. The summed E-state index contributed by atoms with van der Waals surface area (Å²) in [5, 5.41) is 8.17. The van der Waals surface area contributed by atoms with Crippen LogP contribution in [0.3, 0.4) is 0 Å². The Morgan fingerprint density at radius 2 is 2.11 bits per heavy atom. The minimum absolute atomic E-state index is 0.100. The van der Waals surface area contributed by atoms with Crippen LogP contribution in [-0.4, -0.2) is 5.54 Å². The lowest BCUT2D eigenvalue weighted by Gasteiger charge is -2.16. The van der Waals surface area contributed by atoms with E-state index >= 15 is 0 Å². The molecule has 0 aromatic carbocycles. The van der Waals surface area contributed by atoms with Gasteiger partial charge in [0.05, 0.1) is 6.07 Å². The van der Waals surface area contributed by atoms with Crippen LogP contribution >= 0.6 is 0 Å². The van der Waals surface area contributed by atoms with E-state index in [0.29, 0.717) is 6.42 Å². The van der Waals surface area contributed by atoms with E-state index in [0.717, 1.165) is 12.8 Å². The molecule has 0 amide bonds. The maximum Gasteiger partial charge on any atom is 0.0621 e. The van der Waals surface area contributed by atoms with Crippen LogP contribution in [0, 0.1) is 11.3 Å². The summed E-state index contributed by atoms with van der Waals surface area (Å²) >= 11 is 0. The molecule has 0 aliphatic rings. The average Bonchev–Trinajstić information content (AvgIpc) is 1.63. The first-order chi connectivity index (χ1) is 4.06. The molecule has 0 rings (SSSR count). The van der Waals surface area contributed by atoms with Crippen molar-refractivity contribution < 1.29 is 0 Å². The molecule has 9 heavy (non-hydrogen) atoms. The predicted molar refractivity (Wildman–Crippen MR) is 37.7 cm³/mol. The van der Waals surface area contributed by atoms with E-state index in [1.807, 2.05) is 13.8 Å². The minimum atomic E-state index is -0.100. The Bertz CT molecular complexity index is 105. The van der Waals surface area contributed by atoms with Gasteiger partial charge >= 0.3 is 0 Å². The number of hydrogen-bond acceptors (Lipinski definition) is 2. The van der Waals surface area contributed by atoms with Gasteiger partial charge in [0, 0.05) is 12.0 Å². The molecule has 0 atom stereocenters. The molecule has 0 aromatic heterocycles. The third-order valence-electron chi connectivity index (χ3n) is 1.11. The average molecular weight is 126 g/mol. The molecule has 52 valence electrons. The lowest BCUT2D eigenvalue weighted by molar-refractivity contribution is 0.462. The van der Waals surface area contributed by atoms with Gasteiger partial charge in [0.15, 0.2) is 0 Å². The SMILES string of the molecule is CC(C)(N)CCCC#N. The van der Waals surface area contributed by atoms with Crippen LogP contribution in [0.15, 0.2) is 0 Å². The van der Waals surface area contributed by atoms with Crippen LogP contribution in [0.4, 0.5) is 0 Å². The van der Waals surface area contributed by atoms with Gasteiger partial charge in [-0.3, -0.25) is 0 Å². The summed E-state index contributed by atoms with van der Waals surface area (Å²) in [5.41, 5.74) is 5.57. The fourth-order valence-electron chi connectivity index (χ4n) is 0.623. The number of hydrogen-bond donors (Lipinski definition) is 1. The van der Waals surface area contributed by atoms with Crippen LogP contribution in [-0.2, 0) is 0 Å². The number of unbranched alkanes of at least 4 members (excludes halogenated alkanes) is 1. The molecule has 0 aromatic rings. The number of nitriles is 1. The maximum atomic E-state index is 8.17. The van der Waals surface area contributed by atoms with E-state index < -0.39 is 0 Å². The van der Waals surface area contributed by atoms with E-state index in [1.54, 1.807) is 0 Å². The standard InChI is InChI=1S/C7H14N2/c1-7(2,9)5-3-4-6-8/h3-5,9H2,1-2H3. The molecule has 0 spiro atoms. The van der Waals surface area contributed by atoms with E-state index in [2.05, 4.69) is 6.07 Å². The first-order valence-electron chi connectivity index (χ1n) is 3.22. The van der Waals surface area contributed by atoms with Crippen LogP contribution in [0.5, 0.6) is 0 Å². The second-order valence-corrected chi connectivity index (χ2v) is 3.00. The summed E-state index contributed by atoms with van der Waals surface area (Å²) in [6.45, 7) is 3.95. The van der Waals surface area contributed by atoms with Crippen molar-refractivity contribution in [1.82, 2.24) is 0 Å². The Balaban J connectivity index is 3.20. The summed E-state index contributed by atoms with van der Waals surface area (Å²) in [6, 6.07) is 2.08. The highest BCUT2D eigenvalue weighted by Crippen LogP contribution is 2.07. The van der Waals surface area contributed by atoms with Crippen molar-refractivity contribution in [3.05, 3.63) is 0 Å². The fraction of sp³-hybridized carbons (Fsp3) is 0.857. The van der Waals surface area contributed by atoms with Gasteiger partial charge in [0.1, 0.15) is 0 Å². The zero-order valence-corrected chi connectivity index (χ0v) is 6.15. The van der Waals surface area contributed by atoms with Gasteiger partial charge in [-0.15, -0.1) is 0 Å². The van der Waals surface area contributed by atoms with Gasteiger partial charge in [0.2, 0.25) is 0 Å². The Morgan fingerprint density at radius 1 is 1.56 bits per heavy atom. The van der Waals surface area contributed by atoms with Gasteiger partial charge in [0.25, 0.3) is 0 Å². The van der Waals surface area contributed by atoms with Crippen LogP contribution < -0.4 is 5.73 Å². The largest absolute Gasteiger partial charge is 0.326 e. The highest BCUT2D eigenvalue weighted by Gasteiger charge is 2.08. The zero-order valence-electron chi connectivity index (χ0n) is 6.15. The smallest absolute Gasteiger partial charge is 0.0621 e. The molecular weight excluding hydrogens is 112 g/mol. The molecule has 0 heterocycles. The topological polar surface area (TPSA) is 49.8 Å². The number of nitrogens with two attached hydrogens (primary N) is 1.